The second kappa shape index (κ2) is 11.3. The van der Waals surface area contributed by atoms with Crippen LogP contribution in [0.25, 0.3) is 0 Å². The maximum Gasteiger partial charge on any atom is 0.331 e. The van der Waals surface area contributed by atoms with E-state index in [0.717, 1.165) is 11.1 Å². The molecule has 0 aromatic heterocycles. The molecule has 0 radical (unpaired) electrons. The fourth-order valence-corrected chi connectivity index (χ4v) is 3.72. The highest BCUT2D eigenvalue weighted by molar-refractivity contribution is 5.97. The van der Waals surface area contributed by atoms with Crippen molar-refractivity contribution in [1.29, 1.82) is 0 Å². The highest BCUT2D eigenvalue weighted by Gasteiger charge is 2.54. The minimum absolute atomic E-state index is 0.189. The van der Waals surface area contributed by atoms with Gasteiger partial charge in [-0.3, -0.25) is 0 Å². The van der Waals surface area contributed by atoms with Gasteiger partial charge in [-0.15, -0.1) is 0 Å². The molecule has 0 bridgehead atoms. The maximum absolute atomic E-state index is 13.5. The number of nitrogens with zero attached hydrogens (tertiary/aromatic N) is 2. The standard InChI is InChI=1S/C25H30N2O5/c1-3-15-31-23(28)21-22(24(29)32-16-4-2)27(18-20-13-9-6-10-14-20)25(30)26(21)17-19-11-7-5-8-12-19/h5-14,21-22H,3-4,15-18H2,1-2H3. The van der Waals surface area contributed by atoms with Crippen LogP contribution < -0.4 is 0 Å². The third kappa shape index (κ3) is 5.46. The van der Waals surface area contributed by atoms with Crippen LogP contribution in [0.15, 0.2) is 60.7 Å². The molecule has 1 heterocycles. The molecule has 0 aliphatic carbocycles. The van der Waals surface area contributed by atoms with Gasteiger partial charge < -0.3 is 19.3 Å². The molecule has 2 aromatic carbocycles. The molecule has 7 nitrogen and oxygen atoms in total. The molecule has 0 spiro atoms. The number of hydrogen-bond donors (Lipinski definition) is 0. The predicted octanol–water partition coefficient (Wildman–Crippen LogP) is 3.77. The second-order valence-electron chi connectivity index (χ2n) is 7.73. The Balaban J connectivity index is 1.98. The van der Waals surface area contributed by atoms with Crippen LogP contribution in [-0.4, -0.2) is 53.1 Å². The van der Waals surface area contributed by atoms with Gasteiger partial charge in [-0.25, -0.2) is 14.4 Å². The Morgan fingerprint density at radius 3 is 1.44 bits per heavy atom. The van der Waals surface area contributed by atoms with E-state index in [1.165, 1.54) is 9.80 Å². The average Bonchev–Trinajstić information content (AvgIpc) is 3.08. The van der Waals surface area contributed by atoms with E-state index in [1.807, 2.05) is 74.5 Å². The summed E-state index contributed by atoms with van der Waals surface area (Å²) in [5.41, 5.74) is 1.72. The molecule has 1 saturated heterocycles. The lowest BCUT2D eigenvalue weighted by Gasteiger charge is -2.25. The van der Waals surface area contributed by atoms with Crippen molar-refractivity contribution < 1.29 is 23.9 Å². The molecular weight excluding hydrogens is 408 g/mol. The van der Waals surface area contributed by atoms with Crippen LogP contribution in [0.4, 0.5) is 4.79 Å². The van der Waals surface area contributed by atoms with E-state index in [1.54, 1.807) is 0 Å². The summed E-state index contributed by atoms with van der Waals surface area (Å²) in [5.74, 6) is -1.18. The molecule has 32 heavy (non-hydrogen) atoms. The molecule has 2 amide bonds. The van der Waals surface area contributed by atoms with Crippen molar-refractivity contribution in [1.82, 2.24) is 9.80 Å². The van der Waals surface area contributed by atoms with Crippen LogP contribution in [0, 0.1) is 0 Å². The van der Waals surface area contributed by atoms with Crippen molar-refractivity contribution in [3.63, 3.8) is 0 Å². The normalized spacial score (nSPS) is 18.0. The molecule has 2 aromatic rings. The Morgan fingerprint density at radius 1 is 0.719 bits per heavy atom. The molecule has 3 rings (SSSR count). The summed E-state index contributed by atoms with van der Waals surface area (Å²) in [6, 6.07) is 16.2. The summed E-state index contributed by atoms with van der Waals surface area (Å²) >= 11 is 0. The number of carbonyl (C=O) groups excluding carboxylic acids is 3. The molecule has 7 heteroatoms. The zero-order valence-electron chi connectivity index (χ0n) is 18.6. The Morgan fingerprint density at radius 2 is 1.09 bits per heavy atom. The van der Waals surface area contributed by atoms with Crippen molar-refractivity contribution in [2.45, 2.75) is 51.9 Å². The summed E-state index contributed by atoms with van der Waals surface area (Å²) in [7, 11) is 0. The van der Waals surface area contributed by atoms with Gasteiger partial charge in [0, 0.05) is 13.1 Å². The predicted molar refractivity (Wildman–Crippen MR) is 119 cm³/mol. The molecule has 2 unspecified atom stereocenters. The van der Waals surface area contributed by atoms with E-state index >= 15 is 0 Å². The van der Waals surface area contributed by atoms with Crippen molar-refractivity contribution in [2.24, 2.45) is 0 Å². The first kappa shape index (κ1) is 23.3. The first-order valence-electron chi connectivity index (χ1n) is 11.0. The number of benzene rings is 2. The van der Waals surface area contributed by atoms with Gasteiger partial charge in [0.05, 0.1) is 13.2 Å². The molecule has 0 N–H and O–H groups in total. The summed E-state index contributed by atoms with van der Waals surface area (Å²) in [6.07, 6.45) is 1.29. The molecular formula is C25H30N2O5. The Bertz CT molecular complexity index is 830. The number of hydrogen-bond acceptors (Lipinski definition) is 5. The second-order valence-corrected chi connectivity index (χ2v) is 7.73. The maximum atomic E-state index is 13.5. The lowest BCUT2D eigenvalue weighted by Crippen LogP contribution is -2.49. The lowest BCUT2D eigenvalue weighted by molar-refractivity contribution is -0.158. The van der Waals surface area contributed by atoms with Crippen LogP contribution in [-0.2, 0) is 32.2 Å². The Labute approximate surface area is 188 Å². The summed E-state index contributed by atoms with van der Waals surface area (Å²) < 4.78 is 10.8. The van der Waals surface area contributed by atoms with E-state index in [4.69, 9.17) is 9.47 Å². The van der Waals surface area contributed by atoms with E-state index in [0.29, 0.717) is 12.8 Å². The van der Waals surface area contributed by atoms with Gasteiger partial charge in [0.1, 0.15) is 0 Å². The number of ether oxygens (including phenoxy) is 2. The van der Waals surface area contributed by atoms with Crippen LogP contribution in [0.3, 0.4) is 0 Å². The molecule has 1 fully saturated rings. The van der Waals surface area contributed by atoms with Crippen molar-refractivity contribution in [3.05, 3.63) is 71.8 Å². The van der Waals surface area contributed by atoms with E-state index in [-0.39, 0.29) is 26.3 Å². The topological polar surface area (TPSA) is 76.2 Å². The number of amides is 2. The van der Waals surface area contributed by atoms with Crippen LogP contribution in [0.2, 0.25) is 0 Å². The summed E-state index contributed by atoms with van der Waals surface area (Å²) in [5, 5.41) is 0. The zero-order valence-corrected chi connectivity index (χ0v) is 18.6. The molecule has 0 saturated carbocycles. The van der Waals surface area contributed by atoms with Gasteiger partial charge >= 0.3 is 18.0 Å². The fourth-order valence-electron chi connectivity index (χ4n) is 3.72. The van der Waals surface area contributed by atoms with Gasteiger partial charge in [0.25, 0.3) is 0 Å². The van der Waals surface area contributed by atoms with Gasteiger partial charge in [0.2, 0.25) is 0 Å². The number of carbonyl (C=O) groups is 3. The van der Waals surface area contributed by atoms with E-state index in [2.05, 4.69) is 0 Å². The summed E-state index contributed by atoms with van der Waals surface area (Å²) in [6.45, 7) is 4.60. The van der Waals surface area contributed by atoms with Gasteiger partial charge in [-0.2, -0.15) is 0 Å². The smallest absolute Gasteiger partial charge is 0.331 e. The molecule has 2 atom stereocenters. The van der Waals surface area contributed by atoms with Gasteiger partial charge in [-0.05, 0) is 24.0 Å². The van der Waals surface area contributed by atoms with E-state index < -0.39 is 30.1 Å². The third-order valence-corrected chi connectivity index (χ3v) is 5.23. The number of esters is 2. The minimum Gasteiger partial charge on any atom is -0.464 e. The average molecular weight is 439 g/mol. The highest BCUT2D eigenvalue weighted by atomic mass is 16.5. The number of rotatable bonds is 10. The third-order valence-electron chi connectivity index (χ3n) is 5.23. The van der Waals surface area contributed by atoms with Crippen LogP contribution in [0.5, 0.6) is 0 Å². The zero-order chi connectivity index (χ0) is 22.9. The first-order chi connectivity index (χ1) is 15.6. The Kier molecular flexibility index (Phi) is 8.25. The highest BCUT2D eigenvalue weighted by Crippen LogP contribution is 2.29. The molecule has 170 valence electrons. The fraction of sp³-hybridized carbons (Fsp3) is 0.400. The van der Waals surface area contributed by atoms with Crippen LogP contribution >= 0.6 is 0 Å². The van der Waals surface area contributed by atoms with Crippen molar-refractivity contribution in [3.8, 4) is 0 Å². The molecule has 1 aliphatic heterocycles. The summed E-state index contributed by atoms with van der Waals surface area (Å²) in [4.78, 5) is 42.6. The quantitative estimate of drug-likeness (QED) is 0.528. The van der Waals surface area contributed by atoms with Crippen LogP contribution in [0.1, 0.15) is 37.8 Å². The monoisotopic (exact) mass is 438 g/mol. The SMILES string of the molecule is CCCOC(=O)C1C(C(=O)OCCC)N(Cc2ccccc2)C(=O)N1Cc1ccccc1. The first-order valence-corrected chi connectivity index (χ1v) is 11.0. The molecule has 1 aliphatic rings. The van der Waals surface area contributed by atoms with E-state index in [9.17, 15) is 14.4 Å². The number of urea groups is 1. The van der Waals surface area contributed by atoms with Gasteiger partial charge in [0.15, 0.2) is 12.1 Å². The minimum atomic E-state index is -1.08. The lowest BCUT2D eigenvalue weighted by atomic mass is 10.1. The van der Waals surface area contributed by atoms with Crippen molar-refractivity contribution in [2.75, 3.05) is 13.2 Å². The van der Waals surface area contributed by atoms with Crippen molar-refractivity contribution >= 4 is 18.0 Å². The largest absolute Gasteiger partial charge is 0.464 e. The Hall–Kier alpha value is -3.35. The van der Waals surface area contributed by atoms with Gasteiger partial charge in [-0.1, -0.05) is 74.5 Å².